The van der Waals surface area contributed by atoms with Gasteiger partial charge in [-0.1, -0.05) is 28.9 Å². The number of aliphatic imine (C=N–C) groups is 1. The number of benzene rings is 1. The van der Waals surface area contributed by atoms with Gasteiger partial charge in [0.05, 0.1) is 19.3 Å². The molecule has 1 aliphatic rings. The molecule has 2 unspecified atom stereocenters. The highest BCUT2D eigenvalue weighted by atomic mass is 35.5. The Morgan fingerprint density at radius 2 is 2.36 bits per heavy atom. The lowest BCUT2D eigenvalue weighted by atomic mass is 10.2. The summed E-state index contributed by atoms with van der Waals surface area (Å²) in [5.41, 5.74) is 0.804. The van der Waals surface area contributed by atoms with E-state index < -0.39 is 0 Å². The fraction of sp³-hybridized carbons (Fsp3) is 0.526. The van der Waals surface area contributed by atoms with Gasteiger partial charge in [-0.05, 0) is 32.4 Å². The molecule has 1 aromatic carbocycles. The molecule has 1 aliphatic heterocycles. The molecule has 0 spiro atoms. The van der Waals surface area contributed by atoms with E-state index in [-0.39, 0.29) is 18.7 Å². The van der Waals surface area contributed by atoms with E-state index in [2.05, 4.69) is 25.8 Å². The molecule has 152 valence electrons. The van der Waals surface area contributed by atoms with E-state index >= 15 is 0 Å². The van der Waals surface area contributed by atoms with Crippen molar-refractivity contribution in [1.82, 2.24) is 20.8 Å². The molecule has 2 N–H and O–H groups in total. The fourth-order valence-electron chi connectivity index (χ4n) is 2.73. The second kappa shape index (κ2) is 10.4. The molecular weight excluding hydrogens is 382 g/mol. The molecule has 2 atom stereocenters. The monoisotopic (exact) mass is 407 g/mol. The quantitative estimate of drug-likeness (QED) is 0.513. The zero-order valence-corrected chi connectivity index (χ0v) is 16.9. The summed E-state index contributed by atoms with van der Waals surface area (Å²) in [6, 6.07) is 7.42. The smallest absolute Gasteiger partial charge is 0.248 e. The molecule has 1 aromatic heterocycles. The number of ether oxygens (including phenoxy) is 2. The number of hydrogen-bond acceptors (Lipinski definition) is 6. The maximum absolute atomic E-state index is 6.01. The number of nitrogens with zero attached hydrogens (tertiary/aromatic N) is 3. The minimum absolute atomic E-state index is 0.100. The highest BCUT2D eigenvalue weighted by Gasteiger charge is 2.17. The zero-order chi connectivity index (χ0) is 19.8. The van der Waals surface area contributed by atoms with Gasteiger partial charge in [-0.2, -0.15) is 4.98 Å². The molecule has 2 heterocycles. The van der Waals surface area contributed by atoms with Gasteiger partial charge in [-0.15, -0.1) is 0 Å². The van der Waals surface area contributed by atoms with Crippen molar-refractivity contribution in [1.29, 1.82) is 0 Å². The van der Waals surface area contributed by atoms with Crippen LogP contribution in [0.2, 0.25) is 5.02 Å². The molecule has 0 radical (unpaired) electrons. The summed E-state index contributed by atoms with van der Waals surface area (Å²) in [5, 5.41) is 11.2. The van der Waals surface area contributed by atoms with Crippen molar-refractivity contribution in [3.63, 3.8) is 0 Å². The van der Waals surface area contributed by atoms with Crippen molar-refractivity contribution in [2.24, 2.45) is 4.99 Å². The number of nitrogens with one attached hydrogen (secondary N) is 2. The maximum Gasteiger partial charge on any atom is 0.248 e. The topological polar surface area (TPSA) is 93.8 Å². The summed E-state index contributed by atoms with van der Waals surface area (Å²) < 4.78 is 16.5. The number of rotatable bonds is 8. The molecule has 3 rings (SSSR count). The van der Waals surface area contributed by atoms with E-state index in [1.807, 2.05) is 26.0 Å². The Bertz CT molecular complexity index is 776. The second-order valence-electron chi connectivity index (χ2n) is 6.58. The molecular formula is C19H26ClN5O3. The van der Waals surface area contributed by atoms with Crippen molar-refractivity contribution in [2.45, 2.75) is 39.0 Å². The van der Waals surface area contributed by atoms with Crippen LogP contribution < -0.4 is 10.6 Å². The van der Waals surface area contributed by atoms with Crippen LogP contribution in [-0.4, -0.2) is 54.6 Å². The third-order valence-corrected chi connectivity index (χ3v) is 4.36. The Hall–Kier alpha value is -2.16. The molecule has 0 amide bonds. The number of aromatic nitrogens is 2. The molecule has 8 nitrogen and oxygen atoms in total. The third kappa shape index (κ3) is 6.19. The molecule has 0 aliphatic carbocycles. The Morgan fingerprint density at radius 3 is 3.11 bits per heavy atom. The van der Waals surface area contributed by atoms with E-state index in [9.17, 15) is 0 Å². The Kier molecular flexibility index (Phi) is 7.64. The highest BCUT2D eigenvalue weighted by Crippen LogP contribution is 2.20. The van der Waals surface area contributed by atoms with Gasteiger partial charge in [0, 0.05) is 29.8 Å². The summed E-state index contributed by atoms with van der Waals surface area (Å²) in [5.74, 6) is 1.59. The summed E-state index contributed by atoms with van der Waals surface area (Å²) >= 11 is 6.01. The minimum atomic E-state index is 0.100. The zero-order valence-electron chi connectivity index (χ0n) is 16.2. The SMILES string of the molecule is CCNC(=NCc1nc(-c2cccc(Cl)c2)no1)NC(C)COC1CCOC1. The molecule has 28 heavy (non-hydrogen) atoms. The molecule has 1 saturated heterocycles. The fourth-order valence-corrected chi connectivity index (χ4v) is 2.92. The molecule has 2 aromatic rings. The number of hydrogen-bond donors (Lipinski definition) is 2. The van der Waals surface area contributed by atoms with Crippen LogP contribution in [0.1, 0.15) is 26.2 Å². The van der Waals surface area contributed by atoms with Crippen LogP contribution >= 0.6 is 11.6 Å². The van der Waals surface area contributed by atoms with Gasteiger partial charge in [0.2, 0.25) is 11.7 Å². The van der Waals surface area contributed by atoms with E-state index in [1.54, 1.807) is 12.1 Å². The van der Waals surface area contributed by atoms with Gasteiger partial charge in [0.1, 0.15) is 6.54 Å². The van der Waals surface area contributed by atoms with Crippen LogP contribution in [-0.2, 0) is 16.0 Å². The molecule has 9 heteroatoms. The average molecular weight is 408 g/mol. The number of guanidine groups is 1. The average Bonchev–Trinajstić information content (AvgIpc) is 3.37. The lowest BCUT2D eigenvalue weighted by Crippen LogP contribution is -2.44. The summed E-state index contributed by atoms with van der Waals surface area (Å²) in [6.07, 6.45) is 1.14. The first-order chi connectivity index (χ1) is 13.6. The van der Waals surface area contributed by atoms with Gasteiger partial charge in [0.25, 0.3) is 0 Å². The van der Waals surface area contributed by atoms with Crippen molar-refractivity contribution in [3.05, 3.63) is 35.2 Å². The Morgan fingerprint density at radius 1 is 1.46 bits per heavy atom. The van der Waals surface area contributed by atoms with E-state index in [0.29, 0.717) is 35.9 Å². The summed E-state index contributed by atoms with van der Waals surface area (Å²) in [4.78, 5) is 8.90. The van der Waals surface area contributed by atoms with Crippen LogP contribution in [0.25, 0.3) is 11.4 Å². The first-order valence-corrected chi connectivity index (χ1v) is 9.84. The first-order valence-electron chi connectivity index (χ1n) is 9.46. The molecule has 0 bridgehead atoms. The third-order valence-electron chi connectivity index (χ3n) is 4.12. The van der Waals surface area contributed by atoms with E-state index in [1.165, 1.54) is 0 Å². The van der Waals surface area contributed by atoms with Gasteiger partial charge in [-0.25, -0.2) is 4.99 Å². The Labute approximate surface area is 169 Å². The largest absolute Gasteiger partial charge is 0.379 e. The highest BCUT2D eigenvalue weighted by molar-refractivity contribution is 6.30. The van der Waals surface area contributed by atoms with Gasteiger partial charge < -0.3 is 24.6 Å². The van der Waals surface area contributed by atoms with Crippen molar-refractivity contribution >= 4 is 17.6 Å². The van der Waals surface area contributed by atoms with Crippen LogP contribution in [0.15, 0.2) is 33.8 Å². The molecule has 1 fully saturated rings. The van der Waals surface area contributed by atoms with Crippen molar-refractivity contribution in [2.75, 3.05) is 26.4 Å². The lowest BCUT2D eigenvalue weighted by Gasteiger charge is -2.19. The van der Waals surface area contributed by atoms with Gasteiger partial charge >= 0.3 is 0 Å². The Balaban J connectivity index is 1.55. The standard InChI is InChI=1S/C19H26ClN5O3/c1-3-21-19(23-13(2)11-27-16-7-8-26-12-16)22-10-17-24-18(25-28-17)14-5-4-6-15(20)9-14/h4-6,9,13,16H,3,7-8,10-12H2,1-2H3,(H2,21,22,23). The summed E-state index contributed by atoms with van der Waals surface area (Å²) in [6.45, 7) is 7.11. The molecule has 0 saturated carbocycles. The van der Waals surface area contributed by atoms with Crippen LogP contribution in [0, 0.1) is 0 Å². The first kappa shape index (κ1) is 20.6. The summed E-state index contributed by atoms with van der Waals surface area (Å²) in [7, 11) is 0. The van der Waals surface area contributed by atoms with Crippen LogP contribution in [0.5, 0.6) is 0 Å². The van der Waals surface area contributed by atoms with Crippen LogP contribution in [0.4, 0.5) is 0 Å². The number of halogens is 1. The van der Waals surface area contributed by atoms with Gasteiger partial charge in [0.15, 0.2) is 5.96 Å². The van der Waals surface area contributed by atoms with Gasteiger partial charge in [-0.3, -0.25) is 0 Å². The maximum atomic E-state index is 6.01. The lowest BCUT2D eigenvalue weighted by molar-refractivity contribution is 0.0347. The van der Waals surface area contributed by atoms with Crippen molar-refractivity contribution < 1.29 is 14.0 Å². The van der Waals surface area contributed by atoms with Crippen molar-refractivity contribution in [3.8, 4) is 11.4 Å². The predicted octanol–water partition coefficient (Wildman–Crippen LogP) is 2.64. The van der Waals surface area contributed by atoms with Crippen LogP contribution in [0.3, 0.4) is 0 Å². The normalized spacial score (nSPS) is 18.2. The van der Waals surface area contributed by atoms with E-state index in [4.69, 9.17) is 25.6 Å². The predicted molar refractivity (Wildman–Crippen MR) is 107 cm³/mol. The van der Waals surface area contributed by atoms with E-state index in [0.717, 1.165) is 25.1 Å². The minimum Gasteiger partial charge on any atom is -0.379 e. The second-order valence-corrected chi connectivity index (χ2v) is 7.02.